The number of ether oxygens (including phenoxy) is 2. The van der Waals surface area contributed by atoms with Crippen LogP contribution in [0.2, 0.25) is 0 Å². The summed E-state index contributed by atoms with van der Waals surface area (Å²) in [4.78, 5) is 61.0. The third-order valence-corrected chi connectivity index (χ3v) is 10.2. The SMILES string of the molecule is C=CCCC(=O)N(C)[C@H](C)[C@H](OC(=O)[C@@H]1[C@@H]2CC[C@]3(O2)[C@H](C(=O)N(CC=C)C(C)C)N(CCCCCCO)C(=O)[C@@H]13)c1ccccc1. The molecule has 3 aliphatic rings. The maximum Gasteiger partial charge on any atom is 0.313 e. The van der Waals surface area contributed by atoms with E-state index in [1.165, 1.54) is 0 Å². The zero-order valence-electron chi connectivity index (χ0n) is 28.5. The lowest BCUT2D eigenvalue weighted by molar-refractivity contribution is -0.164. The van der Waals surface area contributed by atoms with Gasteiger partial charge in [0.05, 0.1) is 24.0 Å². The zero-order valence-corrected chi connectivity index (χ0v) is 28.5. The number of esters is 1. The number of hydrogen-bond donors (Lipinski definition) is 1. The minimum atomic E-state index is -1.13. The van der Waals surface area contributed by atoms with E-state index in [0.717, 1.165) is 18.4 Å². The van der Waals surface area contributed by atoms with E-state index in [2.05, 4.69) is 13.2 Å². The van der Waals surface area contributed by atoms with Crippen LogP contribution in [0.3, 0.4) is 0 Å². The summed E-state index contributed by atoms with van der Waals surface area (Å²) in [7, 11) is 1.70. The van der Waals surface area contributed by atoms with E-state index in [1.54, 1.807) is 33.9 Å². The normalized spacial score (nSPS) is 25.7. The molecule has 10 heteroatoms. The maximum absolute atomic E-state index is 14.4. The summed E-state index contributed by atoms with van der Waals surface area (Å²) < 4.78 is 12.9. The van der Waals surface area contributed by atoms with Crippen molar-refractivity contribution in [3.05, 3.63) is 61.2 Å². The second-order valence-corrected chi connectivity index (χ2v) is 13.4. The minimum Gasteiger partial charge on any atom is -0.455 e. The number of carbonyl (C=O) groups excluding carboxylic acids is 4. The van der Waals surface area contributed by atoms with E-state index >= 15 is 0 Å². The number of benzene rings is 1. The molecule has 1 spiro atoms. The van der Waals surface area contributed by atoms with E-state index in [4.69, 9.17) is 9.47 Å². The lowest BCUT2D eigenvalue weighted by Crippen LogP contribution is -2.57. The molecule has 0 aromatic heterocycles. The Kier molecular flexibility index (Phi) is 12.4. The third-order valence-electron chi connectivity index (χ3n) is 10.2. The summed E-state index contributed by atoms with van der Waals surface area (Å²) in [6.45, 7) is 14.1. The van der Waals surface area contributed by atoms with Crippen molar-refractivity contribution in [2.24, 2.45) is 11.8 Å². The first-order chi connectivity index (χ1) is 22.5. The number of rotatable bonds is 18. The number of likely N-dealkylation sites (tertiary alicyclic amines) is 1. The van der Waals surface area contributed by atoms with E-state index < -0.39 is 47.7 Å². The quantitative estimate of drug-likeness (QED) is 0.142. The highest BCUT2D eigenvalue weighted by molar-refractivity contribution is 5.98. The maximum atomic E-state index is 14.4. The van der Waals surface area contributed by atoms with Crippen molar-refractivity contribution in [3.8, 4) is 0 Å². The van der Waals surface area contributed by atoms with Gasteiger partial charge in [-0.25, -0.2) is 0 Å². The smallest absolute Gasteiger partial charge is 0.313 e. The average Bonchev–Trinajstić information content (AvgIpc) is 3.71. The van der Waals surface area contributed by atoms with E-state index in [0.29, 0.717) is 51.6 Å². The highest BCUT2D eigenvalue weighted by Crippen LogP contribution is 2.59. The molecule has 4 rings (SSSR count). The van der Waals surface area contributed by atoms with Gasteiger partial charge in [0.25, 0.3) is 0 Å². The topological polar surface area (TPSA) is 117 Å². The number of amides is 3. The van der Waals surface area contributed by atoms with Crippen molar-refractivity contribution < 1.29 is 33.8 Å². The standard InChI is InChI=1S/C37H53N3O7/c1-7-9-19-29(42)38(6)26(5)32(27-17-13-12-14-18-27)46-36(45)30-28-20-21-37(47-28)31(30)34(43)40(23-15-10-11-16-24-41)33(37)35(44)39(22-8-2)25(3)4/h7-8,12-14,17-18,25-26,28,30-33,41H,1-2,9-11,15-16,19-24H2,3-6H3/t26-,28+,30-,31-,32+,33+,37-/m1/s1. The molecule has 3 fully saturated rings. The van der Waals surface area contributed by atoms with Crippen LogP contribution < -0.4 is 0 Å². The fourth-order valence-corrected chi connectivity index (χ4v) is 7.66. The summed E-state index contributed by atoms with van der Waals surface area (Å²) in [6, 6.07) is 7.84. The van der Waals surface area contributed by atoms with E-state index in [-0.39, 0.29) is 30.4 Å². The van der Waals surface area contributed by atoms with Crippen molar-refractivity contribution in [2.45, 2.75) is 108 Å². The van der Waals surface area contributed by atoms with Gasteiger partial charge in [-0.15, -0.1) is 13.2 Å². The first-order valence-corrected chi connectivity index (χ1v) is 17.2. The number of allylic oxidation sites excluding steroid dienone is 1. The Morgan fingerprint density at radius 3 is 2.45 bits per heavy atom. The molecule has 1 aromatic rings. The average molecular weight is 652 g/mol. The highest BCUT2D eigenvalue weighted by atomic mass is 16.6. The van der Waals surface area contributed by atoms with Crippen LogP contribution in [0.15, 0.2) is 55.6 Å². The minimum absolute atomic E-state index is 0.0900. The van der Waals surface area contributed by atoms with Gasteiger partial charge >= 0.3 is 5.97 Å². The fourth-order valence-electron chi connectivity index (χ4n) is 7.66. The Balaban J connectivity index is 1.65. The molecule has 2 bridgehead atoms. The molecule has 1 N–H and O–H groups in total. The Bertz CT molecular complexity index is 1290. The number of hydrogen-bond acceptors (Lipinski definition) is 7. The predicted octanol–water partition coefficient (Wildman–Crippen LogP) is 4.43. The largest absolute Gasteiger partial charge is 0.455 e. The van der Waals surface area contributed by atoms with Gasteiger partial charge < -0.3 is 29.3 Å². The monoisotopic (exact) mass is 651 g/mol. The number of nitrogens with zero attached hydrogens (tertiary/aromatic N) is 3. The van der Waals surface area contributed by atoms with Crippen LogP contribution in [-0.2, 0) is 28.7 Å². The molecule has 0 saturated carbocycles. The lowest BCUT2D eigenvalue weighted by atomic mass is 9.70. The van der Waals surface area contributed by atoms with E-state index in [9.17, 15) is 24.3 Å². The molecule has 3 saturated heterocycles. The first kappa shape index (κ1) is 36.3. The number of carbonyl (C=O) groups is 4. The van der Waals surface area contributed by atoms with Gasteiger partial charge in [0.2, 0.25) is 17.7 Å². The van der Waals surface area contributed by atoms with Gasteiger partial charge in [0.15, 0.2) is 0 Å². The fraction of sp³-hybridized carbons (Fsp3) is 0.622. The first-order valence-electron chi connectivity index (χ1n) is 17.2. The summed E-state index contributed by atoms with van der Waals surface area (Å²) in [5, 5.41) is 9.21. The second-order valence-electron chi connectivity index (χ2n) is 13.4. The number of aliphatic hydroxyl groups is 1. The molecule has 3 aliphatic heterocycles. The lowest BCUT2D eigenvalue weighted by Gasteiger charge is -2.38. The van der Waals surface area contributed by atoms with Crippen LogP contribution in [0.1, 0.15) is 83.8 Å². The van der Waals surface area contributed by atoms with Crippen LogP contribution in [0, 0.1) is 11.8 Å². The van der Waals surface area contributed by atoms with Crippen LogP contribution >= 0.6 is 0 Å². The highest BCUT2D eigenvalue weighted by Gasteiger charge is 2.75. The molecule has 1 aromatic carbocycles. The summed E-state index contributed by atoms with van der Waals surface area (Å²) in [5.41, 5.74) is -0.393. The Labute approximate surface area is 279 Å². The molecule has 3 amide bonds. The van der Waals surface area contributed by atoms with Crippen molar-refractivity contribution in [3.63, 3.8) is 0 Å². The molecule has 10 nitrogen and oxygen atoms in total. The van der Waals surface area contributed by atoms with Crippen LogP contribution in [0.4, 0.5) is 0 Å². The third kappa shape index (κ3) is 7.33. The molecule has 258 valence electrons. The molecule has 0 aliphatic carbocycles. The van der Waals surface area contributed by atoms with Gasteiger partial charge in [0.1, 0.15) is 17.7 Å². The number of unbranched alkanes of at least 4 members (excludes halogenated alkanes) is 3. The van der Waals surface area contributed by atoms with Gasteiger partial charge in [-0.3, -0.25) is 19.2 Å². The predicted molar refractivity (Wildman–Crippen MR) is 179 cm³/mol. The molecule has 0 unspecified atom stereocenters. The van der Waals surface area contributed by atoms with Crippen molar-refractivity contribution >= 4 is 23.7 Å². The van der Waals surface area contributed by atoms with Gasteiger partial charge in [-0.2, -0.15) is 0 Å². The molecule has 3 heterocycles. The molecule has 0 radical (unpaired) electrons. The second kappa shape index (κ2) is 16.1. The van der Waals surface area contributed by atoms with Crippen molar-refractivity contribution in [2.75, 3.05) is 26.7 Å². The van der Waals surface area contributed by atoms with Gasteiger partial charge in [0, 0.05) is 39.2 Å². The molecular formula is C37H53N3O7. The van der Waals surface area contributed by atoms with Crippen molar-refractivity contribution in [1.82, 2.24) is 14.7 Å². The number of aliphatic hydroxyl groups excluding tert-OH is 1. The van der Waals surface area contributed by atoms with Gasteiger partial charge in [-0.05, 0) is 58.4 Å². The number of fused-ring (bicyclic) bond motifs is 1. The van der Waals surface area contributed by atoms with Gasteiger partial charge in [-0.1, -0.05) is 55.3 Å². The Morgan fingerprint density at radius 2 is 1.81 bits per heavy atom. The van der Waals surface area contributed by atoms with Crippen LogP contribution in [0.5, 0.6) is 0 Å². The van der Waals surface area contributed by atoms with Crippen LogP contribution in [-0.4, -0.2) is 100 Å². The van der Waals surface area contributed by atoms with E-state index in [1.807, 2.05) is 51.1 Å². The summed E-state index contributed by atoms with van der Waals surface area (Å²) in [6.07, 6.45) is 6.87. The Morgan fingerprint density at radius 1 is 1.11 bits per heavy atom. The molecule has 7 atom stereocenters. The van der Waals surface area contributed by atoms with Crippen LogP contribution in [0.25, 0.3) is 0 Å². The number of likely N-dealkylation sites (N-methyl/N-ethyl adjacent to an activating group) is 1. The molecular weight excluding hydrogens is 598 g/mol. The van der Waals surface area contributed by atoms with Crippen molar-refractivity contribution in [1.29, 1.82) is 0 Å². The molecule has 47 heavy (non-hydrogen) atoms. The Hall–Kier alpha value is -3.50. The zero-order chi connectivity index (χ0) is 34.3. The summed E-state index contributed by atoms with van der Waals surface area (Å²) in [5.74, 6) is -2.82. The summed E-state index contributed by atoms with van der Waals surface area (Å²) >= 11 is 0.